The van der Waals surface area contributed by atoms with Gasteiger partial charge in [-0.05, 0) is 64.4 Å². The molecule has 35 heavy (non-hydrogen) atoms. The Bertz CT molecular complexity index is 1270. The average molecular weight is 636 g/mol. The van der Waals surface area contributed by atoms with Crippen molar-refractivity contribution in [3.63, 3.8) is 0 Å². The second-order valence-corrected chi connectivity index (χ2v) is 11.7. The highest BCUT2D eigenvalue weighted by molar-refractivity contribution is 14.1. The molecule has 0 saturated carbocycles. The van der Waals surface area contributed by atoms with Crippen molar-refractivity contribution in [3.8, 4) is 0 Å². The number of anilines is 1. The third kappa shape index (κ3) is 9.07. The molecule has 1 aromatic heterocycles. The fourth-order valence-corrected chi connectivity index (χ4v) is 5.40. The van der Waals surface area contributed by atoms with Crippen LogP contribution in [0.2, 0.25) is 0 Å². The molecule has 2 atom stereocenters. The van der Waals surface area contributed by atoms with Crippen molar-refractivity contribution in [2.45, 2.75) is 25.1 Å². The van der Waals surface area contributed by atoms with E-state index in [1.165, 1.54) is 5.38 Å². The monoisotopic (exact) mass is 636 g/mol. The highest BCUT2D eigenvalue weighted by Crippen LogP contribution is 2.18. The van der Waals surface area contributed by atoms with Gasteiger partial charge in [-0.1, -0.05) is 12.1 Å². The Kier molecular flexibility index (Phi) is 9.52. The van der Waals surface area contributed by atoms with Crippen molar-refractivity contribution < 1.29 is 27.1 Å². The zero-order valence-corrected chi connectivity index (χ0v) is 22.3. The molecule has 2 aromatic carbocycles. The van der Waals surface area contributed by atoms with Crippen molar-refractivity contribution in [1.29, 1.82) is 0 Å². The quantitative estimate of drug-likeness (QED) is 0.241. The summed E-state index contributed by atoms with van der Waals surface area (Å²) < 4.78 is 53.4. The lowest BCUT2D eigenvalue weighted by molar-refractivity contribution is 0.0826. The number of nitrogens with one attached hydrogen (secondary N) is 3. The number of amides is 1. The SMILES string of the molecule is CS(=O)(=O)Nc1nc(C(=O)N[C@@H](Cc2cc(F)cc(F)c2)[C@@H](O)CNCc2cccc(I)c2)cs1. The number of hydrogen-bond donors (Lipinski definition) is 4. The van der Waals surface area contributed by atoms with Crippen LogP contribution in [-0.2, 0) is 23.0 Å². The van der Waals surface area contributed by atoms with Gasteiger partial charge in [0.25, 0.3) is 5.91 Å². The Hall–Kier alpha value is -2.20. The number of halogens is 3. The normalized spacial score (nSPS) is 13.3. The summed E-state index contributed by atoms with van der Waals surface area (Å²) in [5.41, 5.74) is 1.20. The minimum atomic E-state index is -3.56. The standard InChI is InChI=1S/C22H23F2IN4O4S2/c1-35(32,33)29-22-28-19(12-34-22)21(31)27-18(8-14-5-15(23)9-16(24)6-14)20(30)11-26-10-13-3-2-4-17(25)7-13/h2-7,9,12,18,20,26,30H,8,10-11H2,1H3,(H,27,31)(H,28,29)/t18-,20-/m0/s1. The number of nitrogens with zero attached hydrogens (tertiary/aromatic N) is 1. The Labute approximate surface area is 219 Å². The Morgan fingerprint density at radius 2 is 1.89 bits per heavy atom. The van der Waals surface area contributed by atoms with E-state index in [1.54, 1.807) is 0 Å². The van der Waals surface area contributed by atoms with Crippen LogP contribution in [0.3, 0.4) is 0 Å². The van der Waals surface area contributed by atoms with Crippen LogP contribution in [0.1, 0.15) is 21.6 Å². The molecule has 0 aliphatic carbocycles. The maximum absolute atomic E-state index is 13.7. The minimum absolute atomic E-state index is 0.0149. The van der Waals surface area contributed by atoms with Crippen LogP contribution in [0.25, 0.3) is 0 Å². The van der Waals surface area contributed by atoms with Gasteiger partial charge in [-0.2, -0.15) is 0 Å². The van der Waals surface area contributed by atoms with Crippen LogP contribution in [-0.4, -0.2) is 49.4 Å². The molecule has 0 spiro atoms. The second-order valence-electron chi connectivity index (χ2n) is 7.80. The van der Waals surface area contributed by atoms with Crippen molar-refractivity contribution in [2.24, 2.45) is 0 Å². The van der Waals surface area contributed by atoms with Gasteiger partial charge in [-0.15, -0.1) is 11.3 Å². The van der Waals surface area contributed by atoms with Crippen molar-refractivity contribution in [2.75, 3.05) is 17.5 Å². The van der Waals surface area contributed by atoms with Crippen LogP contribution in [0.4, 0.5) is 13.9 Å². The van der Waals surface area contributed by atoms with E-state index >= 15 is 0 Å². The predicted octanol–water partition coefficient (Wildman–Crippen LogP) is 2.89. The van der Waals surface area contributed by atoms with Gasteiger partial charge in [0.15, 0.2) is 5.13 Å². The number of benzene rings is 2. The van der Waals surface area contributed by atoms with Crippen molar-refractivity contribution >= 4 is 55.0 Å². The molecule has 0 fully saturated rings. The summed E-state index contributed by atoms with van der Waals surface area (Å²) in [6, 6.07) is 9.87. The summed E-state index contributed by atoms with van der Waals surface area (Å²) in [4.78, 5) is 16.7. The Morgan fingerprint density at radius 1 is 1.17 bits per heavy atom. The molecular formula is C22H23F2IN4O4S2. The van der Waals surface area contributed by atoms with E-state index in [1.807, 2.05) is 24.3 Å². The number of carbonyl (C=O) groups excluding carboxylic acids is 1. The molecule has 3 rings (SSSR count). The van der Waals surface area contributed by atoms with Crippen molar-refractivity contribution in [1.82, 2.24) is 15.6 Å². The van der Waals surface area contributed by atoms with E-state index in [9.17, 15) is 27.1 Å². The number of aliphatic hydroxyl groups excluding tert-OH is 1. The summed E-state index contributed by atoms with van der Waals surface area (Å²) in [7, 11) is -3.56. The van der Waals surface area contributed by atoms with Gasteiger partial charge in [-0.25, -0.2) is 22.2 Å². The average Bonchev–Trinajstić information content (AvgIpc) is 3.19. The molecule has 13 heteroatoms. The number of rotatable bonds is 11. The summed E-state index contributed by atoms with van der Waals surface area (Å²) in [5, 5.41) is 18.0. The number of thiazole rings is 1. The molecule has 4 N–H and O–H groups in total. The molecule has 0 aliphatic heterocycles. The summed E-state index contributed by atoms with van der Waals surface area (Å²) in [5.74, 6) is -2.21. The van der Waals surface area contributed by atoms with E-state index < -0.39 is 39.7 Å². The molecular weight excluding hydrogens is 613 g/mol. The second kappa shape index (κ2) is 12.2. The van der Waals surface area contributed by atoms with Gasteiger partial charge in [0.1, 0.15) is 17.3 Å². The van der Waals surface area contributed by atoms with Crippen LogP contribution >= 0.6 is 33.9 Å². The lowest BCUT2D eigenvalue weighted by atomic mass is 10.0. The molecule has 3 aromatic rings. The first-order valence-corrected chi connectivity index (χ1v) is 14.2. The maximum Gasteiger partial charge on any atom is 0.271 e. The summed E-state index contributed by atoms with van der Waals surface area (Å²) >= 11 is 3.12. The number of carbonyl (C=O) groups is 1. The fourth-order valence-electron chi connectivity index (χ4n) is 3.25. The fraction of sp³-hybridized carbons (Fsp3) is 0.273. The number of hydrogen-bond acceptors (Lipinski definition) is 7. The zero-order chi connectivity index (χ0) is 25.6. The van der Waals surface area contributed by atoms with E-state index in [4.69, 9.17) is 0 Å². The summed E-state index contributed by atoms with van der Waals surface area (Å²) in [6.07, 6.45) is -0.201. The van der Waals surface area contributed by atoms with Gasteiger partial charge in [0.05, 0.1) is 18.4 Å². The first-order valence-electron chi connectivity index (χ1n) is 10.3. The summed E-state index contributed by atoms with van der Waals surface area (Å²) in [6.45, 7) is 0.557. The molecule has 1 amide bonds. The highest BCUT2D eigenvalue weighted by Gasteiger charge is 2.24. The van der Waals surface area contributed by atoms with Crippen LogP contribution in [0.15, 0.2) is 47.8 Å². The van der Waals surface area contributed by atoms with Gasteiger partial charge in [0, 0.05) is 28.1 Å². The molecule has 0 radical (unpaired) electrons. The van der Waals surface area contributed by atoms with Gasteiger partial charge < -0.3 is 15.7 Å². The van der Waals surface area contributed by atoms with Gasteiger partial charge in [0.2, 0.25) is 10.0 Å². The zero-order valence-electron chi connectivity index (χ0n) is 18.5. The van der Waals surface area contributed by atoms with Crippen LogP contribution < -0.4 is 15.4 Å². The Morgan fingerprint density at radius 3 is 2.54 bits per heavy atom. The third-order valence-electron chi connectivity index (χ3n) is 4.74. The third-order valence-corrected chi connectivity index (χ3v) is 6.86. The Balaban J connectivity index is 1.71. The highest BCUT2D eigenvalue weighted by atomic mass is 127. The molecule has 8 nitrogen and oxygen atoms in total. The van der Waals surface area contributed by atoms with Crippen molar-refractivity contribution in [3.05, 3.63) is 79.9 Å². The number of sulfonamides is 1. The lowest BCUT2D eigenvalue weighted by Gasteiger charge is -2.24. The van der Waals surface area contributed by atoms with Gasteiger partial charge in [-0.3, -0.25) is 9.52 Å². The largest absolute Gasteiger partial charge is 0.390 e. The topological polar surface area (TPSA) is 120 Å². The van der Waals surface area contributed by atoms with E-state index in [0.717, 1.165) is 44.9 Å². The molecule has 188 valence electrons. The van der Waals surface area contributed by atoms with E-state index in [2.05, 4.69) is 42.9 Å². The molecule has 0 aliphatic rings. The smallest absolute Gasteiger partial charge is 0.271 e. The van der Waals surface area contributed by atoms with Crippen LogP contribution in [0.5, 0.6) is 0 Å². The van der Waals surface area contributed by atoms with Gasteiger partial charge >= 0.3 is 0 Å². The number of aliphatic hydroxyl groups is 1. The predicted molar refractivity (Wildman–Crippen MR) is 139 cm³/mol. The molecule has 0 bridgehead atoms. The maximum atomic E-state index is 13.7. The number of aromatic nitrogens is 1. The van der Waals surface area contributed by atoms with E-state index in [-0.39, 0.29) is 29.4 Å². The first kappa shape index (κ1) is 27.4. The minimum Gasteiger partial charge on any atom is -0.390 e. The van der Waals surface area contributed by atoms with E-state index in [0.29, 0.717) is 6.54 Å². The van der Waals surface area contributed by atoms with Crippen LogP contribution in [0, 0.1) is 15.2 Å². The molecule has 1 heterocycles. The first-order chi connectivity index (χ1) is 16.5. The molecule has 0 saturated heterocycles. The molecule has 0 unspecified atom stereocenters. The lowest BCUT2D eigenvalue weighted by Crippen LogP contribution is -2.48.